The van der Waals surface area contributed by atoms with Crippen molar-refractivity contribution >= 4 is 11.8 Å². The number of hydrogen-bond donors (Lipinski definition) is 2. The molecule has 2 aliphatic heterocycles. The molecule has 5 rings (SSSR count). The monoisotopic (exact) mass is 560 g/mol. The Morgan fingerprint density at radius 2 is 1.73 bits per heavy atom. The van der Waals surface area contributed by atoms with Crippen molar-refractivity contribution < 1.29 is 14.7 Å². The fourth-order valence-electron chi connectivity index (χ4n) is 7.41. The lowest BCUT2D eigenvalue weighted by Crippen LogP contribution is -2.59. The van der Waals surface area contributed by atoms with E-state index in [9.17, 15) is 14.7 Å². The van der Waals surface area contributed by atoms with Crippen LogP contribution in [0.3, 0.4) is 0 Å². The normalized spacial score (nSPS) is 27.9. The Kier molecular flexibility index (Phi) is 9.45. The number of carbonyl (C=O) groups excluding carboxylic acids is 2. The van der Waals surface area contributed by atoms with E-state index < -0.39 is 6.10 Å². The Morgan fingerprint density at radius 1 is 1.00 bits per heavy atom. The van der Waals surface area contributed by atoms with Gasteiger partial charge in [0, 0.05) is 55.4 Å². The van der Waals surface area contributed by atoms with E-state index in [1.807, 2.05) is 62.1 Å². The van der Waals surface area contributed by atoms with E-state index in [0.717, 1.165) is 31.5 Å². The molecule has 7 heteroatoms. The lowest BCUT2D eigenvalue weighted by atomic mass is 9.72. The molecule has 1 aromatic heterocycles. The molecule has 1 aromatic carbocycles. The number of rotatable bonds is 9. The van der Waals surface area contributed by atoms with Crippen molar-refractivity contribution in [1.82, 2.24) is 20.1 Å². The molecule has 1 saturated carbocycles. The summed E-state index contributed by atoms with van der Waals surface area (Å²) in [6, 6.07) is 15.9. The molecule has 1 unspecified atom stereocenters. The van der Waals surface area contributed by atoms with E-state index in [-0.39, 0.29) is 41.9 Å². The number of piperidine rings is 1. The predicted octanol–water partition coefficient (Wildman–Crippen LogP) is 4.24. The summed E-state index contributed by atoms with van der Waals surface area (Å²) in [6.07, 6.45) is 8.92. The summed E-state index contributed by atoms with van der Waals surface area (Å²) in [5, 5.41) is 14.7. The Balaban J connectivity index is 1.30. The number of pyridine rings is 1. The van der Waals surface area contributed by atoms with Crippen LogP contribution in [0.4, 0.5) is 0 Å². The van der Waals surface area contributed by atoms with Crippen LogP contribution in [-0.4, -0.2) is 75.1 Å². The quantitative estimate of drug-likeness (QED) is 0.479. The van der Waals surface area contributed by atoms with Crippen LogP contribution < -0.4 is 5.32 Å². The molecular formula is C34H48N4O3. The van der Waals surface area contributed by atoms with E-state index in [0.29, 0.717) is 24.8 Å². The number of aromatic nitrogens is 1. The molecule has 1 aliphatic carbocycles. The third kappa shape index (κ3) is 7.75. The number of amides is 2. The number of hydrogen-bond acceptors (Lipinski definition) is 5. The first-order valence-corrected chi connectivity index (χ1v) is 15.6. The van der Waals surface area contributed by atoms with Gasteiger partial charge in [0.25, 0.3) is 0 Å². The average Bonchev–Trinajstić information content (AvgIpc) is 3.21. The third-order valence-electron chi connectivity index (χ3n) is 9.28. The molecule has 0 radical (unpaired) electrons. The second kappa shape index (κ2) is 13.0. The van der Waals surface area contributed by atoms with E-state index in [1.165, 1.54) is 31.2 Å². The second-order valence-electron chi connectivity index (χ2n) is 13.7. The fraction of sp³-hybridized carbons (Fsp3) is 0.618. The smallest absolute Gasteiger partial charge is 0.237 e. The van der Waals surface area contributed by atoms with Crippen molar-refractivity contribution in [2.75, 3.05) is 19.6 Å². The molecular weight excluding hydrogens is 512 g/mol. The summed E-state index contributed by atoms with van der Waals surface area (Å²) < 4.78 is 0. The molecule has 222 valence electrons. The lowest BCUT2D eigenvalue weighted by Gasteiger charge is -2.46. The van der Waals surface area contributed by atoms with Gasteiger partial charge in [-0.2, -0.15) is 0 Å². The maximum absolute atomic E-state index is 13.8. The minimum absolute atomic E-state index is 0.0253. The van der Waals surface area contributed by atoms with Crippen LogP contribution in [0, 0.1) is 17.8 Å². The van der Waals surface area contributed by atoms with Gasteiger partial charge in [0.15, 0.2) is 0 Å². The van der Waals surface area contributed by atoms with Crippen molar-refractivity contribution in [2.45, 2.75) is 95.9 Å². The zero-order chi connectivity index (χ0) is 29.0. The van der Waals surface area contributed by atoms with Crippen LogP contribution in [0.1, 0.15) is 70.6 Å². The summed E-state index contributed by atoms with van der Waals surface area (Å²) in [7, 11) is 0. The molecule has 2 amide bonds. The topological polar surface area (TPSA) is 85.8 Å². The highest BCUT2D eigenvalue weighted by atomic mass is 16.3. The molecule has 7 nitrogen and oxygen atoms in total. The van der Waals surface area contributed by atoms with Gasteiger partial charge < -0.3 is 15.3 Å². The van der Waals surface area contributed by atoms with Crippen molar-refractivity contribution in [3.8, 4) is 0 Å². The molecule has 2 saturated heterocycles. The van der Waals surface area contributed by atoms with Gasteiger partial charge in [0.2, 0.25) is 11.8 Å². The standard InChI is InChI=1S/C34H48N4O3/c1-34(2,3)36-32(40)31-20-25-13-7-8-14-26(25)21-37(31)22-30(39)23-38-29(17-24-11-5-4-6-12-24)19-27(33(38)41)18-28-15-9-10-16-35-28/h4-6,9-12,15-16,25-27,29-31,39H,7-8,13-14,17-23H2,1-3H3,(H,36,40)/t25-,26+,27?,29-,30+,31-/m0/s1. The summed E-state index contributed by atoms with van der Waals surface area (Å²) in [6.45, 7) is 7.58. The molecule has 41 heavy (non-hydrogen) atoms. The average molecular weight is 561 g/mol. The largest absolute Gasteiger partial charge is 0.390 e. The number of β-amino-alcohol motifs (C(OH)–C–C–N with tert-alkyl or cyclic N) is 1. The van der Waals surface area contributed by atoms with Crippen molar-refractivity contribution in [3.05, 3.63) is 66.0 Å². The molecule has 3 aliphatic rings. The predicted molar refractivity (Wildman–Crippen MR) is 161 cm³/mol. The van der Waals surface area contributed by atoms with Gasteiger partial charge in [-0.1, -0.05) is 55.7 Å². The highest BCUT2D eigenvalue weighted by Crippen LogP contribution is 2.39. The van der Waals surface area contributed by atoms with Gasteiger partial charge in [0.1, 0.15) is 0 Å². The summed E-state index contributed by atoms with van der Waals surface area (Å²) in [4.78, 5) is 35.8. The molecule has 0 bridgehead atoms. The van der Waals surface area contributed by atoms with Crippen LogP contribution in [0.5, 0.6) is 0 Å². The summed E-state index contributed by atoms with van der Waals surface area (Å²) >= 11 is 0. The number of likely N-dealkylation sites (tertiary alicyclic amines) is 2. The Labute approximate surface area is 245 Å². The van der Waals surface area contributed by atoms with Crippen LogP contribution >= 0.6 is 0 Å². The summed E-state index contributed by atoms with van der Waals surface area (Å²) in [5.74, 6) is 1.17. The zero-order valence-electron chi connectivity index (χ0n) is 25.0. The van der Waals surface area contributed by atoms with Crippen molar-refractivity contribution in [1.29, 1.82) is 0 Å². The fourth-order valence-corrected chi connectivity index (χ4v) is 7.41. The Hall–Kier alpha value is -2.77. The third-order valence-corrected chi connectivity index (χ3v) is 9.28. The summed E-state index contributed by atoms with van der Waals surface area (Å²) in [5.41, 5.74) is 1.82. The highest BCUT2D eigenvalue weighted by Gasteiger charge is 2.43. The molecule has 6 atom stereocenters. The van der Waals surface area contributed by atoms with E-state index in [2.05, 4.69) is 27.3 Å². The van der Waals surface area contributed by atoms with Crippen LogP contribution in [0.2, 0.25) is 0 Å². The minimum atomic E-state index is -0.726. The number of carbonyl (C=O) groups is 2. The minimum Gasteiger partial charge on any atom is -0.390 e. The van der Waals surface area contributed by atoms with Gasteiger partial charge in [0.05, 0.1) is 12.1 Å². The van der Waals surface area contributed by atoms with Gasteiger partial charge in [-0.3, -0.25) is 19.5 Å². The number of nitrogens with zero attached hydrogens (tertiary/aromatic N) is 3. The SMILES string of the molecule is CC(C)(C)NC(=O)[C@@H]1C[C@@H]2CCCC[C@@H]2CN1C[C@@H](O)CN1C(=O)C(Cc2ccccn2)C[C@@H]1Cc1ccccc1. The maximum atomic E-state index is 13.8. The number of nitrogens with one attached hydrogen (secondary N) is 1. The molecule has 2 N–H and O–H groups in total. The first-order chi connectivity index (χ1) is 19.7. The second-order valence-corrected chi connectivity index (χ2v) is 13.7. The highest BCUT2D eigenvalue weighted by molar-refractivity contribution is 5.83. The number of aliphatic hydroxyl groups is 1. The number of benzene rings is 1. The van der Waals surface area contributed by atoms with Crippen LogP contribution in [0.25, 0.3) is 0 Å². The van der Waals surface area contributed by atoms with Gasteiger partial charge >= 0.3 is 0 Å². The molecule has 2 aromatic rings. The Bertz CT molecular complexity index is 1150. The lowest BCUT2D eigenvalue weighted by molar-refractivity contribution is -0.136. The molecule has 0 spiro atoms. The maximum Gasteiger partial charge on any atom is 0.237 e. The number of aliphatic hydroxyl groups excluding tert-OH is 1. The Morgan fingerprint density at radius 3 is 2.44 bits per heavy atom. The molecule has 3 fully saturated rings. The van der Waals surface area contributed by atoms with E-state index in [4.69, 9.17) is 0 Å². The first-order valence-electron chi connectivity index (χ1n) is 15.6. The van der Waals surface area contributed by atoms with Gasteiger partial charge in [-0.05, 0) is 76.0 Å². The van der Waals surface area contributed by atoms with Crippen molar-refractivity contribution in [3.63, 3.8) is 0 Å². The zero-order valence-corrected chi connectivity index (χ0v) is 25.0. The first kappa shape index (κ1) is 29.7. The van der Waals surface area contributed by atoms with Crippen LogP contribution in [0.15, 0.2) is 54.7 Å². The van der Waals surface area contributed by atoms with E-state index in [1.54, 1.807) is 6.20 Å². The van der Waals surface area contributed by atoms with Crippen molar-refractivity contribution in [2.24, 2.45) is 17.8 Å². The van der Waals surface area contributed by atoms with Gasteiger partial charge in [-0.15, -0.1) is 0 Å². The van der Waals surface area contributed by atoms with Gasteiger partial charge in [-0.25, -0.2) is 0 Å². The van der Waals surface area contributed by atoms with Crippen LogP contribution in [-0.2, 0) is 22.4 Å². The number of fused-ring (bicyclic) bond motifs is 1. The molecule has 3 heterocycles. The van der Waals surface area contributed by atoms with E-state index >= 15 is 0 Å².